The Labute approximate surface area is 106 Å². The zero-order valence-corrected chi connectivity index (χ0v) is 10.7. The summed E-state index contributed by atoms with van der Waals surface area (Å²) in [6.45, 7) is 3.30. The summed E-state index contributed by atoms with van der Waals surface area (Å²) in [5.74, 6) is -1.70. The van der Waals surface area contributed by atoms with Gasteiger partial charge >= 0.3 is 11.9 Å². The van der Waals surface area contributed by atoms with Gasteiger partial charge in [0, 0.05) is 6.04 Å². The molecule has 18 heavy (non-hydrogen) atoms. The van der Waals surface area contributed by atoms with E-state index in [1.54, 1.807) is 0 Å². The fraction of sp³-hybridized carbons (Fsp3) is 0.818. The van der Waals surface area contributed by atoms with Crippen LogP contribution in [-0.2, 0) is 14.3 Å². The van der Waals surface area contributed by atoms with Crippen molar-refractivity contribution in [2.24, 2.45) is 17.4 Å². The molecule has 0 radical (unpaired) electrons. The maximum Gasteiger partial charge on any atom is 0.325 e. The molecule has 0 unspecified atom stereocenters. The molecule has 0 fully saturated rings. The van der Waals surface area contributed by atoms with Crippen molar-refractivity contribution in [3.8, 4) is 0 Å². The molecule has 106 valence electrons. The molecule has 0 aliphatic heterocycles. The van der Waals surface area contributed by atoms with E-state index in [1.165, 1.54) is 0 Å². The number of nitrogens with two attached hydrogens (primary N) is 2. The van der Waals surface area contributed by atoms with E-state index in [0.717, 1.165) is 0 Å². The Balaban J connectivity index is 4.57. The smallest absolute Gasteiger partial charge is 0.325 e. The Morgan fingerprint density at radius 1 is 1.28 bits per heavy atom. The van der Waals surface area contributed by atoms with Crippen molar-refractivity contribution in [1.82, 2.24) is 0 Å². The summed E-state index contributed by atoms with van der Waals surface area (Å²) in [7, 11) is 0. The van der Waals surface area contributed by atoms with Crippen LogP contribution in [0.3, 0.4) is 0 Å². The van der Waals surface area contributed by atoms with Gasteiger partial charge in [-0.3, -0.25) is 9.59 Å². The highest BCUT2D eigenvalue weighted by Crippen LogP contribution is 2.12. The van der Waals surface area contributed by atoms with E-state index in [4.69, 9.17) is 26.4 Å². The first-order chi connectivity index (χ1) is 8.27. The molecular formula is C11H22N2O5. The van der Waals surface area contributed by atoms with E-state index >= 15 is 0 Å². The SMILES string of the molecule is CC(C)C[C@H](N)[C@H](CC(=O)O)OC(=O)[C@@H](N)CO. The fourth-order valence-electron chi connectivity index (χ4n) is 1.46. The molecule has 0 aliphatic rings. The first kappa shape index (κ1) is 16.8. The third-order valence-corrected chi connectivity index (χ3v) is 2.36. The minimum absolute atomic E-state index is 0.251. The number of carbonyl (C=O) groups excluding carboxylic acids is 1. The predicted octanol–water partition coefficient (Wildman–Crippen LogP) is -0.934. The third-order valence-electron chi connectivity index (χ3n) is 2.36. The highest BCUT2D eigenvalue weighted by atomic mass is 16.5. The Morgan fingerprint density at radius 3 is 2.22 bits per heavy atom. The minimum atomic E-state index is -1.17. The maximum atomic E-state index is 11.4. The fourth-order valence-corrected chi connectivity index (χ4v) is 1.46. The van der Waals surface area contributed by atoms with Gasteiger partial charge in [-0.1, -0.05) is 13.8 Å². The summed E-state index contributed by atoms with van der Waals surface area (Å²) in [4.78, 5) is 22.1. The van der Waals surface area contributed by atoms with Crippen molar-refractivity contribution >= 4 is 11.9 Å². The van der Waals surface area contributed by atoms with Gasteiger partial charge in [-0.25, -0.2) is 0 Å². The molecule has 0 aliphatic carbocycles. The van der Waals surface area contributed by atoms with Crippen LogP contribution in [0.4, 0.5) is 0 Å². The van der Waals surface area contributed by atoms with Crippen LogP contribution < -0.4 is 11.5 Å². The molecule has 7 heteroatoms. The van der Waals surface area contributed by atoms with Crippen LogP contribution in [-0.4, -0.2) is 46.9 Å². The number of aliphatic carboxylic acids is 1. The molecule has 0 amide bonds. The lowest BCUT2D eigenvalue weighted by Crippen LogP contribution is -2.45. The number of rotatable bonds is 8. The van der Waals surface area contributed by atoms with Crippen LogP contribution in [0.2, 0.25) is 0 Å². The third kappa shape index (κ3) is 6.53. The minimum Gasteiger partial charge on any atom is -0.481 e. The normalized spacial score (nSPS) is 16.1. The predicted molar refractivity (Wildman–Crippen MR) is 64.6 cm³/mol. The molecule has 0 saturated carbocycles. The van der Waals surface area contributed by atoms with Crippen LogP contribution in [0.5, 0.6) is 0 Å². The largest absolute Gasteiger partial charge is 0.481 e. The molecule has 0 aromatic rings. The van der Waals surface area contributed by atoms with Gasteiger partial charge in [0.1, 0.15) is 12.1 Å². The van der Waals surface area contributed by atoms with Crippen molar-refractivity contribution in [3.05, 3.63) is 0 Å². The Morgan fingerprint density at radius 2 is 1.83 bits per heavy atom. The average molecular weight is 262 g/mol. The topological polar surface area (TPSA) is 136 Å². The second-order valence-corrected chi connectivity index (χ2v) is 4.66. The summed E-state index contributed by atoms with van der Waals surface area (Å²) >= 11 is 0. The number of carbonyl (C=O) groups is 2. The highest BCUT2D eigenvalue weighted by Gasteiger charge is 2.27. The van der Waals surface area contributed by atoms with Crippen LogP contribution in [0, 0.1) is 5.92 Å². The van der Waals surface area contributed by atoms with Gasteiger partial charge in [-0.05, 0) is 12.3 Å². The van der Waals surface area contributed by atoms with Crippen molar-refractivity contribution in [2.75, 3.05) is 6.61 Å². The number of esters is 1. The standard InChI is InChI=1S/C11H22N2O5/c1-6(2)3-7(12)9(4-10(15)16)18-11(17)8(13)5-14/h6-9,14H,3-5,12-13H2,1-2H3,(H,15,16)/t7-,8-,9-/m0/s1. The molecule has 3 atom stereocenters. The molecular weight excluding hydrogens is 240 g/mol. The van der Waals surface area contributed by atoms with E-state index in [0.29, 0.717) is 6.42 Å². The quantitative estimate of drug-likeness (QED) is 0.415. The molecule has 0 aromatic heterocycles. The van der Waals surface area contributed by atoms with Crippen LogP contribution >= 0.6 is 0 Å². The van der Waals surface area contributed by atoms with Gasteiger partial charge in [0.15, 0.2) is 0 Å². The second-order valence-electron chi connectivity index (χ2n) is 4.66. The number of aliphatic hydroxyl groups excluding tert-OH is 1. The number of carboxylic acids is 1. The van der Waals surface area contributed by atoms with E-state index in [1.807, 2.05) is 13.8 Å². The van der Waals surface area contributed by atoms with E-state index in [2.05, 4.69) is 0 Å². The first-order valence-corrected chi connectivity index (χ1v) is 5.82. The Bertz CT molecular complexity index is 283. The lowest BCUT2D eigenvalue weighted by Gasteiger charge is -2.25. The molecule has 0 bridgehead atoms. The van der Waals surface area contributed by atoms with Gasteiger partial charge in [0.2, 0.25) is 0 Å². The van der Waals surface area contributed by atoms with Crippen molar-refractivity contribution in [2.45, 2.75) is 44.9 Å². The first-order valence-electron chi connectivity index (χ1n) is 5.82. The number of carboxylic acid groups (broad SMARTS) is 1. The van der Waals surface area contributed by atoms with Crippen LogP contribution in [0.25, 0.3) is 0 Å². The summed E-state index contributed by atoms with van der Waals surface area (Å²) < 4.78 is 4.95. The molecule has 0 rings (SSSR count). The van der Waals surface area contributed by atoms with E-state index in [-0.39, 0.29) is 12.3 Å². The molecule has 0 heterocycles. The zero-order valence-electron chi connectivity index (χ0n) is 10.7. The van der Waals surface area contributed by atoms with Gasteiger partial charge in [-0.2, -0.15) is 0 Å². The molecule has 0 aromatic carbocycles. The second kappa shape index (κ2) is 8.02. The summed E-state index contributed by atoms with van der Waals surface area (Å²) in [5, 5.41) is 17.5. The number of hydrogen-bond donors (Lipinski definition) is 4. The Kier molecular flexibility index (Phi) is 7.49. The van der Waals surface area contributed by atoms with Crippen molar-refractivity contribution in [3.63, 3.8) is 0 Å². The average Bonchev–Trinajstić information content (AvgIpc) is 2.25. The lowest BCUT2D eigenvalue weighted by atomic mass is 9.98. The van der Waals surface area contributed by atoms with E-state index < -0.39 is 36.7 Å². The Hall–Kier alpha value is -1.18. The van der Waals surface area contributed by atoms with E-state index in [9.17, 15) is 9.59 Å². The van der Waals surface area contributed by atoms with Gasteiger partial charge < -0.3 is 26.4 Å². The van der Waals surface area contributed by atoms with Gasteiger partial charge in [0.25, 0.3) is 0 Å². The van der Waals surface area contributed by atoms with Crippen LogP contribution in [0.15, 0.2) is 0 Å². The zero-order chi connectivity index (χ0) is 14.3. The summed E-state index contributed by atoms with van der Waals surface area (Å²) in [6, 6.07) is -1.75. The lowest BCUT2D eigenvalue weighted by molar-refractivity contribution is -0.156. The van der Waals surface area contributed by atoms with Crippen molar-refractivity contribution < 1.29 is 24.5 Å². The monoisotopic (exact) mass is 262 g/mol. The summed E-state index contributed by atoms with van der Waals surface area (Å²) in [6.07, 6.45) is -0.785. The number of hydrogen-bond acceptors (Lipinski definition) is 6. The molecule has 6 N–H and O–H groups in total. The summed E-state index contributed by atoms with van der Waals surface area (Å²) in [5.41, 5.74) is 11.1. The van der Waals surface area contributed by atoms with Gasteiger partial charge in [0.05, 0.1) is 13.0 Å². The van der Waals surface area contributed by atoms with Gasteiger partial charge in [-0.15, -0.1) is 0 Å². The molecule has 0 saturated heterocycles. The number of aliphatic hydroxyl groups is 1. The highest BCUT2D eigenvalue weighted by molar-refractivity contribution is 5.76. The van der Waals surface area contributed by atoms with Crippen LogP contribution in [0.1, 0.15) is 26.7 Å². The molecule has 7 nitrogen and oxygen atoms in total. The molecule has 0 spiro atoms. The number of ether oxygens (including phenoxy) is 1. The van der Waals surface area contributed by atoms with Crippen molar-refractivity contribution in [1.29, 1.82) is 0 Å². The maximum absolute atomic E-state index is 11.4.